The van der Waals surface area contributed by atoms with E-state index in [2.05, 4.69) is 4.98 Å². The van der Waals surface area contributed by atoms with Gasteiger partial charge in [0.2, 0.25) is 0 Å². The summed E-state index contributed by atoms with van der Waals surface area (Å²) in [6.07, 6.45) is 0. The third kappa shape index (κ3) is 3.56. The first-order valence-corrected chi connectivity index (χ1v) is 9.90. The van der Waals surface area contributed by atoms with Gasteiger partial charge in [-0.1, -0.05) is 46.9 Å². The molecule has 0 unspecified atom stereocenters. The van der Waals surface area contributed by atoms with Crippen molar-refractivity contribution in [2.24, 2.45) is 0 Å². The lowest BCUT2D eigenvalue weighted by molar-refractivity contribution is 0.411. The van der Waals surface area contributed by atoms with Gasteiger partial charge in [-0.15, -0.1) is 11.3 Å². The first-order chi connectivity index (χ1) is 12.9. The van der Waals surface area contributed by atoms with Crippen molar-refractivity contribution in [2.45, 2.75) is 0 Å². The molecule has 1 aliphatic rings. The zero-order chi connectivity index (χ0) is 19.1. The van der Waals surface area contributed by atoms with Gasteiger partial charge in [-0.05, 0) is 30.3 Å². The number of aliphatic hydroxyl groups is 1. The highest BCUT2D eigenvalue weighted by Crippen LogP contribution is 2.36. The summed E-state index contributed by atoms with van der Waals surface area (Å²) in [5, 5.41) is 23.1. The van der Waals surface area contributed by atoms with E-state index >= 15 is 0 Å². The number of halogens is 3. The van der Waals surface area contributed by atoms with Gasteiger partial charge in [-0.3, -0.25) is 5.41 Å². The van der Waals surface area contributed by atoms with Crippen molar-refractivity contribution in [2.75, 3.05) is 11.4 Å². The van der Waals surface area contributed by atoms with Gasteiger partial charge in [0.05, 0.1) is 17.8 Å². The van der Waals surface area contributed by atoms with Crippen molar-refractivity contribution in [3.63, 3.8) is 0 Å². The zero-order valence-corrected chi connectivity index (χ0v) is 16.8. The fraction of sp³-hybridized carbons (Fsp3) is 0.0526. The standard InChI is InChI=1S/C19H12Cl3N3OS/c20-11-3-1-10(2-4-11)15-9-27-19(24-15)17-16(26)8-25(18(17)23)14-6-12(21)5-13(22)7-14/h1-7,9,23,26H,8H2. The van der Waals surface area contributed by atoms with Crippen LogP contribution in [0.4, 0.5) is 5.69 Å². The molecule has 2 N–H and O–H groups in total. The fourth-order valence-corrected chi connectivity index (χ4v) is 4.40. The third-order valence-electron chi connectivity index (χ3n) is 4.12. The van der Waals surface area contributed by atoms with Crippen LogP contribution in [-0.2, 0) is 0 Å². The molecule has 0 radical (unpaired) electrons. The molecule has 3 aromatic rings. The molecule has 2 heterocycles. The fourth-order valence-electron chi connectivity index (χ4n) is 2.86. The van der Waals surface area contributed by atoms with Crippen molar-refractivity contribution < 1.29 is 5.11 Å². The minimum absolute atomic E-state index is 0.0908. The Morgan fingerprint density at radius 3 is 2.33 bits per heavy atom. The number of hydrogen-bond donors (Lipinski definition) is 2. The predicted octanol–water partition coefficient (Wildman–Crippen LogP) is 6.54. The van der Waals surface area contributed by atoms with E-state index < -0.39 is 0 Å². The van der Waals surface area contributed by atoms with Gasteiger partial charge in [-0.25, -0.2) is 4.98 Å². The Bertz CT molecular complexity index is 1060. The highest BCUT2D eigenvalue weighted by Gasteiger charge is 2.31. The van der Waals surface area contributed by atoms with Crippen LogP contribution in [0.5, 0.6) is 0 Å². The maximum Gasteiger partial charge on any atom is 0.139 e. The summed E-state index contributed by atoms with van der Waals surface area (Å²) in [6.45, 7) is 0.167. The number of rotatable bonds is 3. The highest BCUT2D eigenvalue weighted by molar-refractivity contribution is 7.11. The topological polar surface area (TPSA) is 60.2 Å². The zero-order valence-electron chi connectivity index (χ0n) is 13.7. The molecule has 0 saturated carbocycles. The minimum atomic E-state index is 0.0908. The average molecular weight is 437 g/mol. The van der Waals surface area contributed by atoms with Crippen LogP contribution in [0.15, 0.2) is 53.6 Å². The maximum absolute atomic E-state index is 10.5. The van der Waals surface area contributed by atoms with Gasteiger partial charge in [0.25, 0.3) is 0 Å². The van der Waals surface area contributed by atoms with Crippen molar-refractivity contribution in [3.05, 3.63) is 73.7 Å². The molecule has 136 valence electrons. The Kier molecular flexibility index (Phi) is 4.86. The second-order valence-electron chi connectivity index (χ2n) is 5.93. The Hall–Kier alpha value is -2.05. The molecule has 8 heteroatoms. The van der Waals surface area contributed by atoms with E-state index in [1.807, 2.05) is 17.5 Å². The number of nitrogens with one attached hydrogen (secondary N) is 1. The van der Waals surface area contributed by atoms with Gasteiger partial charge in [0.1, 0.15) is 16.6 Å². The normalized spacial score (nSPS) is 14.3. The molecule has 1 aliphatic heterocycles. The largest absolute Gasteiger partial charge is 0.510 e. The number of benzene rings is 2. The molecular weight excluding hydrogens is 425 g/mol. The van der Waals surface area contributed by atoms with Crippen molar-refractivity contribution in [1.29, 1.82) is 5.41 Å². The predicted molar refractivity (Wildman–Crippen MR) is 114 cm³/mol. The molecule has 0 spiro atoms. The smallest absolute Gasteiger partial charge is 0.139 e. The minimum Gasteiger partial charge on any atom is -0.510 e. The van der Waals surface area contributed by atoms with Gasteiger partial charge in [-0.2, -0.15) is 0 Å². The van der Waals surface area contributed by atoms with E-state index in [-0.39, 0.29) is 18.1 Å². The van der Waals surface area contributed by atoms with Crippen LogP contribution >= 0.6 is 46.1 Å². The lowest BCUT2D eigenvalue weighted by Gasteiger charge is -2.19. The Balaban J connectivity index is 1.65. The lowest BCUT2D eigenvalue weighted by Crippen LogP contribution is -2.26. The molecule has 4 rings (SSSR count). The van der Waals surface area contributed by atoms with E-state index in [1.54, 1.807) is 35.2 Å². The maximum atomic E-state index is 10.5. The molecule has 0 amide bonds. The molecule has 1 aromatic heterocycles. The van der Waals surface area contributed by atoms with E-state index in [9.17, 15) is 5.11 Å². The van der Waals surface area contributed by atoms with Crippen molar-refractivity contribution >= 4 is 63.2 Å². The Labute approximate surface area is 174 Å². The van der Waals surface area contributed by atoms with E-state index in [4.69, 9.17) is 40.2 Å². The summed E-state index contributed by atoms with van der Waals surface area (Å²) >= 11 is 19.4. The third-order valence-corrected chi connectivity index (χ3v) is 5.67. The number of anilines is 1. The van der Waals surface area contributed by atoms with Crippen LogP contribution in [-0.4, -0.2) is 22.5 Å². The summed E-state index contributed by atoms with van der Waals surface area (Å²) in [7, 11) is 0. The molecule has 4 nitrogen and oxygen atoms in total. The summed E-state index contributed by atoms with van der Waals surface area (Å²) in [4.78, 5) is 6.24. The van der Waals surface area contributed by atoms with Crippen LogP contribution in [0.25, 0.3) is 16.8 Å². The number of thiazole rings is 1. The summed E-state index contributed by atoms with van der Waals surface area (Å²) in [5.74, 6) is 0.246. The highest BCUT2D eigenvalue weighted by atomic mass is 35.5. The quantitative estimate of drug-likeness (QED) is 0.490. The average Bonchev–Trinajstić information content (AvgIpc) is 3.19. The number of aromatic nitrogens is 1. The van der Waals surface area contributed by atoms with Crippen molar-refractivity contribution in [1.82, 2.24) is 4.98 Å². The van der Waals surface area contributed by atoms with Crippen LogP contribution in [0.1, 0.15) is 5.01 Å². The molecule has 0 saturated heterocycles. The molecule has 2 aromatic carbocycles. The van der Waals surface area contributed by atoms with E-state index in [1.165, 1.54) is 11.3 Å². The number of aliphatic hydroxyl groups excluding tert-OH is 1. The Morgan fingerprint density at radius 1 is 1.00 bits per heavy atom. The van der Waals surface area contributed by atoms with E-state index in [0.29, 0.717) is 31.3 Å². The molecule has 27 heavy (non-hydrogen) atoms. The summed E-state index contributed by atoms with van der Waals surface area (Å²) in [6, 6.07) is 12.4. The van der Waals surface area contributed by atoms with E-state index in [0.717, 1.165) is 11.3 Å². The Morgan fingerprint density at radius 2 is 1.67 bits per heavy atom. The van der Waals surface area contributed by atoms with Gasteiger partial charge in [0, 0.05) is 31.7 Å². The molecular formula is C19H12Cl3N3OS. The molecule has 0 bridgehead atoms. The van der Waals surface area contributed by atoms with Crippen LogP contribution in [0.3, 0.4) is 0 Å². The van der Waals surface area contributed by atoms with Gasteiger partial charge >= 0.3 is 0 Å². The molecule has 0 atom stereocenters. The second-order valence-corrected chi connectivity index (χ2v) is 8.10. The summed E-state index contributed by atoms with van der Waals surface area (Å²) < 4.78 is 0. The van der Waals surface area contributed by atoms with Crippen molar-refractivity contribution in [3.8, 4) is 11.3 Å². The van der Waals surface area contributed by atoms with Crippen LogP contribution < -0.4 is 4.90 Å². The number of nitrogens with zero attached hydrogens (tertiary/aromatic N) is 2. The first kappa shape index (κ1) is 18.3. The van der Waals surface area contributed by atoms with Gasteiger partial charge < -0.3 is 10.0 Å². The lowest BCUT2D eigenvalue weighted by atomic mass is 10.2. The number of amidine groups is 1. The van der Waals surface area contributed by atoms with Crippen LogP contribution in [0.2, 0.25) is 15.1 Å². The summed E-state index contributed by atoms with van der Waals surface area (Å²) in [5.41, 5.74) is 2.75. The number of hydrogen-bond acceptors (Lipinski definition) is 4. The van der Waals surface area contributed by atoms with Gasteiger partial charge in [0.15, 0.2) is 0 Å². The second kappa shape index (κ2) is 7.17. The van der Waals surface area contributed by atoms with Crippen LogP contribution in [0, 0.1) is 5.41 Å². The first-order valence-electron chi connectivity index (χ1n) is 7.89. The molecule has 0 aliphatic carbocycles. The monoisotopic (exact) mass is 435 g/mol. The SMILES string of the molecule is N=C1C(c2nc(-c3ccc(Cl)cc3)cs2)=C(O)CN1c1cc(Cl)cc(Cl)c1. The molecule has 0 fully saturated rings.